The van der Waals surface area contributed by atoms with Gasteiger partial charge in [-0.1, -0.05) is 13.8 Å². The highest BCUT2D eigenvalue weighted by molar-refractivity contribution is 7.09. The molecule has 2 atom stereocenters. The molecular formula is C10H18N2S. The molecule has 1 aromatic heterocycles. The molecular weight excluding hydrogens is 180 g/mol. The van der Waals surface area contributed by atoms with Crippen LogP contribution < -0.4 is 5.32 Å². The molecule has 0 aromatic carbocycles. The lowest BCUT2D eigenvalue weighted by molar-refractivity contribution is 0.376. The molecule has 0 aliphatic heterocycles. The normalized spacial score (nSPS) is 15.6. The predicted octanol–water partition coefficient (Wildman–Crippen LogP) is 2.18. The maximum Gasteiger partial charge on any atom is 0.0794 e. The summed E-state index contributed by atoms with van der Waals surface area (Å²) in [7, 11) is 2.01. The lowest BCUT2D eigenvalue weighted by Gasteiger charge is -2.18. The molecule has 3 heteroatoms. The van der Waals surface area contributed by atoms with Gasteiger partial charge in [0.2, 0.25) is 0 Å². The van der Waals surface area contributed by atoms with Crippen molar-refractivity contribution in [1.29, 1.82) is 0 Å². The highest BCUT2D eigenvalue weighted by Gasteiger charge is 2.12. The van der Waals surface area contributed by atoms with Gasteiger partial charge >= 0.3 is 0 Å². The van der Waals surface area contributed by atoms with Crippen LogP contribution in [0, 0.1) is 11.8 Å². The lowest BCUT2D eigenvalue weighted by atomic mass is 9.92. The standard InChI is InChI=1S/C10H18N2S/c1-8(9(2)5-11-3)4-10-6-12-7-13-10/h6-9,11H,4-5H2,1-3H3. The summed E-state index contributed by atoms with van der Waals surface area (Å²) in [6, 6.07) is 0. The Kier molecular flexibility index (Phi) is 4.39. The molecule has 2 nitrogen and oxygen atoms in total. The summed E-state index contributed by atoms with van der Waals surface area (Å²) in [6.07, 6.45) is 3.14. The van der Waals surface area contributed by atoms with Gasteiger partial charge in [0.05, 0.1) is 5.51 Å². The summed E-state index contributed by atoms with van der Waals surface area (Å²) < 4.78 is 0. The van der Waals surface area contributed by atoms with Crippen molar-refractivity contribution >= 4 is 11.3 Å². The zero-order valence-corrected chi connectivity index (χ0v) is 9.40. The van der Waals surface area contributed by atoms with Gasteiger partial charge in [-0.25, -0.2) is 0 Å². The molecule has 0 spiro atoms. The largest absolute Gasteiger partial charge is 0.319 e. The van der Waals surface area contributed by atoms with Crippen LogP contribution in [-0.2, 0) is 6.42 Å². The summed E-state index contributed by atoms with van der Waals surface area (Å²) in [4.78, 5) is 5.48. The molecule has 0 fully saturated rings. The summed E-state index contributed by atoms with van der Waals surface area (Å²) in [5.74, 6) is 1.46. The number of nitrogens with one attached hydrogen (secondary N) is 1. The number of rotatable bonds is 5. The van der Waals surface area contributed by atoms with Gasteiger partial charge in [-0.3, -0.25) is 4.98 Å². The van der Waals surface area contributed by atoms with E-state index in [0.29, 0.717) is 0 Å². The van der Waals surface area contributed by atoms with E-state index in [4.69, 9.17) is 0 Å². The van der Waals surface area contributed by atoms with Crippen molar-refractivity contribution in [2.45, 2.75) is 20.3 Å². The molecule has 0 aliphatic carbocycles. The molecule has 0 radical (unpaired) electrons. The second kappa shape index (κ2) is 5.35. The highest BCUT2D eigenvalue weighted by atomic mass is 32.1. The van der Waals surface area contributed by atoms with Crippen molar-refractivity contribution in [3.63, 3.8) is 0 Å². The first-order chi connectivity index (χ1) is 6.24. The van der Waals surface area contributed by atoms with E-state index >= 15 is 0 Å². The van der Waals surface area contributed by atoms with E-state index in [0.717, 1.165) is 24.8 Å². The Morgan fingerprint density at radius 3 is 2.77 bits per heavy atom. The van der Waals surface area contributed by atoms with Crippen LogP contribution in [-0.4, -0.2) is 18.6 Å². The molecule has 2 unspecified atom stereocenters. The third kappa shape index (κ3) is 3.44. The zero-order chi connectivity index (χ0) is 9.68. The van der Waals surface area contributed by atoms with Crippen molar-refractivity contribution < 1.29 is 0 Å². The molecule has 0 bridgehead atoms. The van der Waals surface area contributed by atoms with Crippen LogP contribution >= 0.6 is 11.3 Å². The Bertz CT molecular complexity index is 221. The fourth-order valence-electron chi connectivity index (χ4n) is 1.38. The first-order valence-electron chi connectivity index (χ1n) is 4.76. The summed E-state index contributed by atoms with van der Waals surface area (Å²) >= 11 is 1.76. The van der Waals surface area contributed by atoms with Crippen LogP contribution in [0.25, 0.3) is 0 Å². The molecule has 74 valence electrons. The second-order valence-electron chi connectivity index (χ2n) is 3.68. The minimum Gasteiger partial charge on any atom is -0.319 e. The first-order valence-corrected chi connectivity index (χ1v) is 5.64. The fourth-order valence-corrected chi connectivity index (χ4v) is 2.12. The monoisotopic (exact) mass is 198 g/mol. The van der Waals surface area contributed by atoms with Crippen LogP contribution in [0.4, 0.5) is 0 Å². The third-order valence-corrected chi connectivity index (χ3v) is 3.31. The molecule has 1 heterocycles. The topological polar surface area (TPSA) is 24.9 Å². The quantitative estimate of drug-likeness (QED) is 0.784. The number of hydrogen-bond donors (Lipinski definition) is 1. The minimum absolute atomic E-state index is 0.729. The molecule has 13 heavy (non-hydrogen) atoms. The maximum absolute atomic E-state index is 4.08. The molecule has 1 rings (SSSR count). The number of aromatic nitrogens is 1. The van der Waals surface area contributed by atoms with E-state index < -0.39 is 0 Å². The van der Waals surface area contributed by atoms with Gasteiger partial charge in [0.25, 0.3) is 0 Å². The van der Waals surface area contributed by atoms with Crippen LogP contribution in [0.5, 0.6) is 0 Å². The average molecular weight is 198 g/mol. The van der Waals surface area contributed by atoms with E-state index in [9.17, 15) is 0 Å². The Hall–Kier alpha value is -0.410. The molecule has 0 saturated heterocycles. The van der Waals surface area contributed by atoms with Crippen LogP contribution in [0.2, 0.25) is 0 Å². The first kappa shape index (κ1) is 10.7. The van der Waals surface area contributed by atoms with Gasteiger partial charge in [0.15, 0.2) is 0 Å². The zero-order valence-electron chi connectivity index (χ0n) is 8.58. The Morgan fingerprint density at radius 2 is 2.23 bits per heavy atom. The number of thiazole rings is 1. The van der Waals surface area contributed by atoms with E-state index in [-0.39, 0.29) is 0 Å². The molecule has 0 amide bonds. The van der Waals surface area contributed by atoms with Gasteiger partial charge in [-0.15, -0.1) is 11.3 Å². The van der Waals surface area contributed by atoms with Crippen LogP contribution in [0.3, 0.4) is 0 Å². The van der Waals surface area contributed by atoms with E-state index in [1.54, 1.807) is 11.3 Å². The SMILES string of the molecule is CNCC(C)C(C)Cc1cncs1. The molecule has 1 aromatic rings. The summed E-state index contributed by atoms with van der Waals surface area (Å²) in [6.45, 7) is 5.70. The summed E-state index contributed by atoms with van der Waals surface area (Å²) in [5, 5.41) is 3.22. The van der Waals surface area contributed by atoms with Gasteiger partial charge in [-0.2, -0.15) is 0 Å². The van der Waals surface area contributed by atoms with Crippen molar-refractivity contribution in [2.75, 3.05) is 13.6 Å². The Labute approximate surface area is 84.4 Å². The van der Waals surface area contributed by atoms with Gasteiger partial charge in [0, 0.05) is 11.1 Å². The predicted molar refractivity (Wildman–Crippen MR) is 58.1 cm³/mol. The fraction of sp³-hybridized carbons (Fsp3) is 0.700. The molecule has 1 N–H and O–H groups in total. The van der Waals surface area contributed by atoms with Gasteiger partial charge in [-0.05, 0) is 31.8 Å². The van der Waals surface area contributed by atoms with Gasteiger partial charge in [0.1, 0.15) is 0 Å². The van der Waals surface area contributed by atoms with Crippen LogP contribution in [0.15, 0.2) is 11.7 Å². The smallest absolute Gasteiger partial charge is 0.0794 e. The van der Waals surface area contributed by atoms with E-state index in [1.165, 1.54) is 4.88 Å². The molecule has 0 saturated carbocycles. The Balaban J connectivity index is 2.36. The summed E-state index contributed by atoms with van der Waals surface area (Å²) in [5.41, 5.74) is 1.91. The number of hydrogen-bond acceptors (Lipinski definition) is 3. The van der Waals surface area contributed by atoms with Crippen molar-refractivity contribution in [3.05, 3.63) is 16.6 Å². The van der Waals surface area contributed by atoms with Crippen molar-refractivity contribution in [1.82, 2.24) is 10.3 Å². The third-order valence-electron chi connectivity index (χ3n) is 2.50. The number of nitrogens with zero attached hydrogens (tertiary/aromatic N) is 1. The van der Waals surface area contributed by atoms with E-state index in [1.807, 2.05) is 18.8 Å². The second-order valence-corrected chi connectivity index (χ2v) is 4.66. The van der Waals surface area contributed by atoms with E-state index in [2.05, 4.69) is 24.1 Å². The maximum atomic E-state index is 4.08. The van der Waals surface area contributed by atoms with Crippen molar-refractivity contribution in [3.8, 4) is 0 Å². The van der Waals surface area contributed by atoms with Gasteiger partial charge < -0.3 is 5.32 Å². The minimum atomic E-state index is 0.729. The average Bonchev–Trinajstić information content (AvgIpc) is 2.57. The Morgan fingerprint density at radius 1 is 1.46 bits per heavy atom. The van der Waals surface area contributed by atoms with Crippen molar-refractivity contribution in [2.24, 2.45) is 11.8 Å². The highest BCUT2D eigenvalue weighted by Crippen LogP contribution is 2.18. The lowest BCUT2D eigenvalue weighted by Crippen LogP contribution is -2.22. The van der Waals surface area contributed by atoms with Crippen LogP contribution in [0.1, 0.15) is 18.7 Å². The molecule has 0 aliphatic rings.